The number of imide groups is 1. The van der Waals surface area contributed by atoms with Gasteiger partial charge in [0.1, 0.15) is 6.54 Å². The van der Waals surface area contributed by atoms with Gasteiger partial charge < -0.3 is 5.32 Å². The van der Waals surface area contributed by atoms with E-state index in [-0.39, 0.29) is 53.4 Å². The Morgan fingerprint density at radius 2 is 1.79 bits per heavy atom. The molecule has 5 aliphatic rings. The van der Waals surface area contributed by atoms with Gasteiger partial charge >= 0.3 is 0 Å². The minimum atomic E-state index is -0.538. The molecule has 1 aliphatic heterocycles. The second-order valence-electron chi connectivity index (χ2n) is 8.22. The SMILES string of the molecule is Cc1ccc(NC(=O)CN2C(=O)[C@@H]3[C@H]4C=C[C@@H]([C@@H]5C[C@@H]45)[C@@H]3C2=O)cc1[N+](=O)[O-]. The number of nitro benzene ring substituents is 1. The monoisotopic (exact) mass is 381 g/mol. The highest BCUT2D eigenvalue weighted by Crippen LogP contribution is 2.65. The maximum Gasteiger partial charge on any atom is 0.274 e. The van der Waals surface area contributed by atoms with Crippen molar-refractivity contribution >= 4 is 29.1 Å². The van der Waals surface area contributed by atoms with Crippen molar-refractivity contribution in [3.05, 3.63) is 46.0 Å². The number of allylic oxidation sites excluding steroid dienone is 2. The summed E-state index contributed by atoms with van der Waals surface area (Å²) in [6.07, 6.45) is 5.25. The van der Waals surface area contributed by atoms with Gasteiger partial charge in [0.2, 0.25) is 17.7 Å². The quantitative estimate of drug-likeness (QED) is 0.371. The fourth-order valence-corrected chi connectivity index (χ4v) is 5.40. The van der Waals surface area contributed by atoms with Crippen molar-refractivity contribution in [1.82, 2.24) is 4.90 Å². The van der Waals surface area contributed by atoms with Crippen LogP contribution in [-0.4, -0.2) is 34.1 Å². The van der Waals surface area contributed by atoms with Gasteiger partial charge in [-0.25, -0.2) is 0 Å². The molecule has 6 rings (SSSR count). The van der Waals surface area contributed by atoms with Crippen LogP contribution < -0.4 is 5.32 Å². The van der Waals surface area contributed by atoms with E-state index >= 15 is 0 Å². The summed E-state index contributed by atoms with van der Waals surface area (Å²) in [5.74, 6) is -0.476. The Bertz CT molecular complexity index is 935. The molecule has 0 spiro atoms. The summed E-state index contributed by atoms with van der Waals surface area (Å²) in [5, 5.41) is 13.6. The van der Waals surface area contributed by atoms with Crippen LogP contribution in [0.2, 0.25) is 0 Å². The van der Waals surface area contributed by atoms with E-state index in [1.54, 1.807) is 19.1 Å². The number of benzene rings is 1. The van der Waals surface area contributed by atoms with Gasteiger partial charge in [-0.15, -0.1) is 0 Å². The van der Waals surface area contributed by atoms with Crippen molar-refractivity contribution in [2.45, 2.75) is 13.3 Å². The molecule has 3 fully saturated rings. The molecule has 3 amide bonds. The smallest absolute Gasteiger partial charge is 0.274 e. The van der Waals surface area contributed by atoms with Gasteiger partial charge in [0.05, 0.1) is 16.8 Å². The third kappa shape index (κ3) is 2.33. The average Bonchev–Trinajstić information content (AvgIpc) is 3.44. The topological polar surface area (TPSA) is 110 Å². The number of nitro groups is 1. The number of rotatable bonds is 4. The first-order valence-electron chi connectivity index (χ1n) is 9.45. The highest BCUT2D eigenvalue weighted by Gasteiger charge is 2.67. The summed E-state index contributed by atoms with van der Waals surface area (Å²) in [6, 6.07) is 4.38. The molecule has 1 aromatic carbocycles. The van der Waals surface area contributed by atoms with Crippen molar-refractivity contribution in [2.24, 2.45) is 35.5 Å². The molecule has 0 aromatic heterocycles. The molecule has 0 unspecified atom stereocenters. The first-order valence-corrected chi connectivity index (χ1v) is 9.45. The minimum absolute atomic E-state index is 0.0981. The van der Waals surface area contributed by atoms with E-state index in [1.807, 2.05) is 0 Å². The molecule has 8 nitrogen and oxygen atoms in total. The van der Waals surface area contributed by atoms with Crippen LogP contribution in [0.5, 0.6) is 0 Å². The summed E-state index contributed by atoms with van der Waals surface area (Å²) in [6.45, 7) is 1.25. The molecule has 1 N–H and O–H groups in total. The zero-order valence-corrected chi connectivity index (χ0v) is 15.2. The maximum atomic E-state index is 12.9. The predicted octanol–water partition coefficient (Wildman–Crippen LogP) is 1.89. The molecule has 1 heterocycles. The Balaban J connectivity index is 1.31. The number of anilines is 1. The van der Waals surface area contributed by atoms with Crippen LogP contribution in [0.3, 0.4) is 0 Å². The van der Waals surface area contributed by atoms with Gasteiger partial charge in [0.15, 0.2) is 0 Å². The van der Waals surface area contributed by atoms with Crippen LogP contribution in [-0.2, 0) is 14.4 Å². The third-order valence-corrected chi connectivity index (χ3v) is 6.75. The van der Waals surface area contributed by atoms with Crippen molar-refractivity contribution in [1.29, 1.82) is 0 Å². The minimum Gasteiger partial charge on any atom is -0.324 e. The van der Waals surface area contributed by atoms with Crippen LogP contribution in [0.25, 0.3) is 0 Å². The fraction of sp³-hybridized carbons (Fsp3) is 0.450. The van der Waals surface area contributed by atoms with Crippen LogP contribution in [0.1, 0.15) is 12.0 Å². The van der Waals surface area contributed by atoms with Gasteiger partial charge in [-0.1, -0.05) is 18.2 Å². The van der Waals surface area contributed by atoms with E-state index < -0.39 is 10.8 Å². The molecule has 0 radical (unpaired) electrons. The lowest BCUT2D eigenvalue weighted by atomic mass is 9.63. The second-order valence-corrected chi connectivity index (χ2v) is 8.22. The van der Waals surface area contributed by atoms with Gasteiger partial charge in [0, 0.05) is 17.3 Å². The number of amides is 3. The van der Waals surface area contributed by atoms with Crippen molar-refractivity contribution < 1.29 is 19.3 Å². The Kier molecular flexibility index (Phi) is 3.50. The summed E-state index contributed by atoms with van der Waals surface area (Å²) in [7, 11) is 0. The zero-order valence-electron chi connectivity index (χ0n) is 15.2. The second kappa shape index (κ2) is 5.73. The summed E-state index contributed by atoms with van der Waals surface area (Å²) >= 11 is 0. The third-order valence-electron chi connectivity index (χ3n) is 6.75. The number of carbonyl (C=O) groups excluding carboxylic acids is 3. The predicted molar refractivity (Wildman–Crippen MR) is 97.9 cm³/mol. The number of carbonyl (C=O) groups is 3. The number of nitrogens with zero attached hydrogens (tertiary/aromatic N) is 2. The fourth-order valence-electron chi connectivity index (χ4n) is 5.40. The van der Waals surface area contributed by atoms with Crippen LogP contribution in [0, 0.1) is 52.5 Å². The van der Waals surface area contributed by atoms with Gasteiger partial charge in [-0.3, -0.25) is 29.4 Å². The van der Waals surface area contributed by atoms with Crippen LogP contribution >= 0.6 is 0 Å². The molecular formula is C20H19N3O5. The van der Waals surface area contributed by atoms with E-state index in [0.717, 1.165) is 11.3 Å². The Morgan fingerprint density at radius 3 is 2.36 bits per heavy atom. The van der Waals surface area contributed by atoms with Crippen LogP contribution in [0.4, 0.5) is 11.4 Å². The van der Waals surface area contributed by atoms with E-state index in [9.17, 15) is 24.5 Å². The lowest BCUT2D eigenvalue weighted by Crippen LogP contribution is -2.40. The lowest BCUT2D eigenvalue weighted by molar-refractivity contribution is -0.385. The number of nitrogens with one attached hydrogen (secondary N) is 1. The zero-order chi connectivity index (χ0) is 19.7. The van der Waals surface area contributed by atoms with Crippen LogP contribution in [0.15, 0.2) is 30.4 Å². The van der Waals surface area contributed by atoms with E-state index in [4.69, 9.17) is 0 Å². The molecule has 2 bridgehead atoms. The maximum absolute atomic E-state index is 12.9. The first-order chi connectivity index (χ1) is 13.4. The Labute approximate surface area is 160 Å². The largest absolute Gasteiger partial charge is 0.324 e. The molecule has 4 aliphatic carbocycles. The molecule has 2 saturated carbocycles. The van der Waals surface area contributed by atoms with Gasteiger partial charge in [0.25, 0.3) is 5.69 Å². The molecule has 1 saturated heterocycles. The molecule has 6 atom stereocenters. The molecule has 28 heavy (non-hydrogen) atoms. The van der Waals surface area contributed by atoms with E-state index in [1.165, 1.54) is 6.07 Å². The molecular weight excluding hydrogens is 362 g/mol. The van der Waals surface area contributed by atoms with E-state index in [2.05, 4.69) is 17.5 Å². The Hall–Kier alpha value is -3.03. The van der Waals surface area contributed by atoms with Gasteiger partial charge in [-0.2, -0.15) is 0 Å². The first kappa shape index (κ1) is 17.1. The lowest BCUT2D eigenvalue weighted by Gasteiger charge is -2.37. The standard InChI is InChI=1S/C20H19N3O5/c1-9-2-3-10(6-15(9)23(27)28)21-16(24)8-22-19(25)17-11-4-5-12(14-7-13(11)14)18(17)20(22)26/h2-6,11-14,17-18H,7-8H2,1H3,(H,21,24)/t11-,12-,13-,14-,17-,18+/m0/s1. The number of likely N-dealkylation sites (tertiary alicyclic amines) is 1. The summed E-state index contributed by atoms with van der Waals surface area (Å²) < 4.78 is 0. The summed E-state index contributed by atoms with van der Waals surface area (Å²) in [5.41, 5.74) is 0.652. The number of aryl methyl sites for hydroxylation is 1. The highest BCUT2D eigenvalue weighted by molar-refractivity contribution is 6.09. The average molecular weight is 381 g/mol. The van der Waals surface area contributed by atoms with Crippen molar-refractivity contribution in [3.63, 3.8) is 0 Å². The normalized spacial score (nSPS) is 34.2. The number of hydrogen-bond donors (Lipinski definition) is 1. The van der Waals surface area contributed by atoms with Crippen molar-refractivity contribution in [3.8, 4) is 0 Å². The van der Waals surface area contributed by atoms with E-state index in [0.29, 0.717) is 17.4 Å². The highest BCUT2D eigenvalue weighted by atomic mass is 16.6. The summed E-state index contributed by atoms with van der Waals surface area (Å²) in [4.78, 5) is 49.8. The molecule has 1 aromatic rings. The van der Waals surface area contributed by atoms with Crippen molar-refractivity contribution in [2.75, 3.05) is 11.9 Å². The molecule has 8 heteroatoms. The molecule has 144 valence electrons. The van der Waals surface area contributed by atoms with Gasteiger partial charge in [-0.05, 0) is 43.1 Å². The number of hydrogen-bond acceptors (Lipinski definition) is 5. The Morgan fingerprint density at radius 1 is 1.18 bits per heavy atom.